The fraction of sp³-hybridized carbons (Fsp3) is 0.132. The van der Waals surface area contributed by atoms with Crippen LogP contribution in [0.2, 0.25) is 0 Å². The molecular formula is C53H41BN2S. The number of anilines is 5. The molecule has 3 aliphatic rings. The molecule has 4 heteroatoms. The first kappa shape index (κ1) is 33.1. The van der Waals surface area contributed by atoms with Crippen molar-refractivity contribution in [1.29, 1.82) is 0 Å². The van der Waals surface area contributed by atoms with E-state index in [9.17, 15) is 0 Å². The van der Waals surface area contributed by atoms with Crippen molar-refractivity contribution in [1.82, 2.24) is 0 Å². The Bertz CT molecular complexity index is 3170. The Kier molecular flexibility index (Phi) is 6.67. The van der Waals surface area contributed by atoms with E-state index in [1.54, 1.807) is 0 Å². The van der Waals surface area contributed by atoms with Gasteiger partial charge < -0.3 is 9.71 Å². The monoisotopic (exact) mass is 748 g/mol. The number of para-hydroxylation sites is 2. The molecule has 0 spiro atoms. The smallest absolute Gasteiger partial charge is 0.334 e. The molecule has 12 rings (SSSR count). The van der Waals surface area contributed by atoms with Crippen LogP contribution in [0.5, 0.6) is 0 Å². The second-order valence-electron chi connectivity index (χ2n) is 17.7. The van der Waals surface area contributed by atoms with Gasteiger partial charge in [0, 0.05) is 59.5 Å². The minimum absolute atomic E-state index is 0.00480. The molecule has 0 fully saturated rings. The minimum Gasteiger partial charge on any atom is -0.376 e. The van der Waals surface area contributed by atoms with Crippen LogP contribution in [-0.4, -0.2) is 6.85 Å². The second-order valence-corrected chi connectivity index (χ2v) is 18.7. The first-order chi connectivity index (χ1) is 27.7. The highest BCUT2D eigenvalue weighted by Gasteiger charge is 2.51. The Hall–Kier alpha value is -6.10. The van der Waals surface area contributed by atoms with Crippen LogP contribution in [0, 0.1) is 0 Å². The summed E-state index contributed by atoms with van der Waals surface area (Å²) in [4.78, 5) is 5.37. The summed E-state index contributed by atoms with van der Waals surface area (Å²) in [5, 5.41) is 5.23. The molecule has 3 aliphatic heterocycles. The first-order valence-corrected chi connectivity index (χ1v) is 21.0. The summed E-state index contributed by atoms with van der Waals surface area (Å²) in [5.41, 5.74) is 18.2. The molecule has 0 aliphatic carbocycles. The molecule has 57 heavy (non-hydrogen) atoms. The van der Waals surface area contributed by atoms with E-state index in [1.807, 2.05) is 11.3 Å². The Balaban J connectivity index is 1.29. The van der Waals surface area contributed by atoms with Crippen LogP contribution in [0.1, 0.15) is 51.3 Å². The summed E-state index contributed by atoms with van der Waals surface area (Å²) in [6, 6.07) is 59.9. The van der Waals surface area contributed by atoms with Gasteiger partial charge in [-0.1, -0.05) is 156 Å². The zero-order valence-electron chi connectivity index (χ0n) is 32.9. The molecule has 0 N–H and O–H groups in total. The number of benzene rings is 8. The van der Waals surface area contributed by atoms with Crippen LogP contribution in [-0.2, 0) is 10.8 Å². The Morgan fingerprint density at radius 1 is 0.544 bits per heavy atom. The van der Waals surface area contributed by atoms with Gasteiger partial charge in [-0.3, -0.25) is 0 Å². The van der Waals surface area contributed by atoms with Crippen LogP contribution in [0.25, 0.3) is 53.2 Å². The van der Waals surface area contributed by atoms with Gasteiger partial charge in [-0.2, -0.15) is 0 Å². The number of rotatable bonds is 2. The van der Waals surface area contributed by atoms with E-state index in [0.29, 0.717) is 0 Å². The van der Waals surface area contributed by atoms with Gasteiger partial charge in [-0.05, 0) is 91.3 Å². The van der Waals surface area contributed by atoms with Crippen molar-refractivity contribution < 1.29 is 0 Å². The quantitative estimate of drug-likeness (QED) is 0.162. The number of nitrogens with zero attached hydrogens (tertiary/aromatic N) is 2. The maximum atomic E-state index is 2.74. The highest BCUT2D eigenvalue weighted by molar-refractivity contribution is 7.27. The number of fused-ring (bicyclic) bond motifs is 12. The standard InChI is InChI=1S/C53H41BN2S/c1-52(2,3)34-26-28-42(39(31-34)32-16-7-6-8-17-32)55-44-29-27-37-36-20-11-14-25-46(36)57-51(37)49(44)54-48-45(55)30-33-18-9-10-19-35(33)47(48)38-21-15-23-41-50(38)56(54)43-24-13-12-22-40(43)53(41,4)5/h6-31H,1-5H3. The summed E-state index contributed by atoms with van der Waals surface area (Å²) in [6.45, 7) is 11.7. The average Bonchev–Trinajstić information content (AvgIpc) is 3.62. The molecule has 0 unspecified atom stereocenters. The molecule has 4 heterocycles. The fourth-order valence-electron chi connectivity index (χ4n) is 10.5. The van der Waals surface area contributed by atoms with Gasteiger partial charge in [0.2, 0.25) is 0 Å². The van der Waals surface area contributed by atoms with E-state index < -0.39 is 0 Å². The van der Waals surface area contributed by atoms with Gasteiger partial charge in [-0.25, -0.2) is 0 Å². The third-order valence-corrected chi connectivity index (χ3v) is 14.4. The lowest BCUT2D eigenvalue weighted by Crippen LogP contribution is -2.63. The zero-order chi connectivity index (χ0) is 38.4. The molecule has 1 aromatic heterocycles. The van der Waals surface area contributed by atoms with Crippen LogP contribution in [0.4, 0.5) is 28.4 Å². The lowest BCUT2D eigenvalue weighted by molar-refractivity contribution is 0.590. The van der Waals surface area contributed by atoms with E-state index >= 15 is 0 Å². The summed E-state index contributed by atoms with van der Waals surface area (Å²) >= 11 is 1.95. The lowest BCUT2D eigenvalue weighted by Gasteiger charge is -2.51. The molecule has 9 aromatic rings. The van der Waals surface area contributed by atoms with Crippen molar-refractivity contribution in [3.8, 4) is 22.3 Å². The van der Waals surface area contributed by atoms with Crippen molar-refractivity contribution in [3.63, 3.8) is 0 Å². The molecule has 0 radical (unpaired) electrons. The average molecular weight is 749 g/mol. The van der Waals surface area contributed by atoms with Gasteiger partial charge in [0.15, 0.2) is 0 Å². The molecule has 0 saturated carbocycles. The number of hydrogen-bond donors (Lipinski definition) is 0. The lowest BCUT2D eigenvalue weighted by atomic mass is 9.42. The minimum atomic E-state index is -0.171. The fourth-order valence-corrected chi connectivity index (χ4v) is 11.7. The Labute approximate surface area is 338 Å². The van der Waals surface area contributed by atoms with Gasteiger partial charge in [0.25, 0.3) is 0 Å². The molecule has 0 saturated heterocycles. The van der Waals surface area contributed by atoms with E-state index in [1.165, 1.54) is 109 Å². The third-order valence-electron chi connectivity index (χ3n) is 13.2. The maximum Gasteiger partial charge on any atom is 0.334 e. The van der Waals surface area contributed by atoms with E-state index in [4.69, 9.17) is 0 Å². The van der Waals surface area contributed by atoms with Crippen molar-refractivity contribution >= 4 is 88.5 Å². The molecular weight excluding hydrogens is 707 g/mol. The number of hydrogen-bond acceptors (Lipinski definition) is 3. The van der Waals surface area contributed by atoms with E-state index in [2.05, 4.69) is 202 Å². The largest absolute Gasteiger partial charge is 0.376 e. The number of thiophene rings is 1. The zero-order valence-corrected chi connectivity index (χ0v) is 33.7. The molecule has 0 atom stereocenters. The normalized spacial score (nSPS) is 14.8. The van der Waals surface area contributed by atoms with Gasteiger partial charge in [0.05, 0.1) is 5.69 Å². The van der Waals surface area contributed by atoms with E-state index in [0.717, 1.165) is 0 Å². The van der Waals surface area contributed by atoms with E-state index in [-0.39, 0.29) is 17.7 Å². The van der Waals surface area contributed by atoms with Crippen LogP contribution in [0.3, 0.4) is 0 Å². The highest BCUT2D eigenvalue weighted by Crippen LogP contribution is 2.58. The molecule has 272 valence electrons. The Morgan fingerprint density at radius 2 is 1.26 bits per heavy atom. The summed E-state index contributed by atoms with van der Waals surface area (Å²) in [6.07, 6.45) is 0. The Morgan fingerprint density at radius 3 is 2.11 bits per heavy atom. The predicted octanol–water partition coefficient (Wildman–Crippen LogP) is 13.5. The van der Waals surface area contributed by atoms with Gasteiger partial charge in [-0.15, -0.1) is 11.3 Å². The second kappa shape index (κ2) is 11.5. The topological polar surface area (TPSA) is 6.48 Å². The van der Waals surface area contributed by atoms with Crippen molar-refractivity contribution in [2.75, 3.05) is 9.71 Å². The van der Waals surface area contributed by atoms with Crippen molar-refractivity contribution in [3.05, 3.63) is 174 Å². The van der Waals surface area contributed by atoms with Crippen molar-refractivity contribution in [2.24, 2.45) is 0 Å². The first-order valence-electron chi connectivity index (χ1n) is 20.2. The third kappa shape index (κ3) is 4.42. The highest BCUT2D eigenvalue weighted by atomic mass is 32.1. The van der Waals surface area contributed by atoms with Crippen molar-refractivity contribution in [2.45, 2.75) is 45.4 Å². The van der Waals surface area contributed by atoms with Crippen LogP contribution >= 0.6 is 11.3 Å². The summed E-state index contributed by atoms with van der Waals surface area (Å²) < 4.78 is 2.69. The predicted molar refractivity (Wildman–Crippen MR) is 247 cm³/mol. The van der Waals surface area contributed by atoms with Gasteiger partial charge >= 0.3 is 6.85 Å². The summed E-state index contributed by atoms with van der Waals surface area (Å²) in [5.74, 6) is 0. The maximum absolute atomic E-state index is 2.74. The molecule has 8 aromatic carbocycles. The van der Waals surface area contributed by atoms with Gasteiger partial charge in [0.1, 0.15) is 0 Å². The summed E-state index contributed by atoms with van der Waals surface area (Å²) in [7, 11) is 0. The van der Waals surface area contributed by atoms with Crippen LogP contribution in [0.15, 0.2) is 158 Å². The molecule has 0 bridgehead atoms. The SMILES string of the molecule is CC(C)(C)c1ccc(N2c3cc4ccccc4c4c3B(c3c2ccc2c3sc3ccccc32)N2c3ccccc3C(C)(C)c3cccc-4c32)c(-c2ccccc2)c1. The van der Waals surface area contributed by atoms with Crippen LogP contribution < -0.4 is 20.6 Å². The molecule has 2 nitrogen and oxygen atoms in total. The molecule has 0 amide bonds.